The van der Waals surface area contributed by atoms with Crippen molar-refractivity contribution in [1.29, 1.82) is 0 Å². The summed E-state index contributed by atoms with van der Waals surface area (Å²) in [7, 11) is 3.47. The van der Waals surface area contributed by atoms with E-state index in [1.54, 1.807) is 11.8 Å². The highest BCUT2D eigenvalue weighted by molar-refractivity contribution is 6.06. The van der Waals surface area contributed by atoms with E-state index in [2.05, 4.69) is 29.2 Å². The molecule has 0 unspecified atom stereocenters. The van der Waals surface area contributed by atoms with Gasteiger partial charge in [0.1, 0.15) is 0 Å². The summed E-state index contributed by atoms with van der Waals surface area (Å²) < 4.78 is 6.80. The maximum Gasteiger partial charge on any atom is 0.252 e. The SMILES string of the molecule is COC[C@H](C)NC(=O)c1cc(C(C)C)nc2c1c(C)nn2C. The highest BCUT2D eigenvalue weighted by Gasteiger charge is 2.20. The summed E-state index contributed by atoms with van der Waals surface area (Å²) in [4.78, 5) is 17.3. The van der Waals surface area contributed by atoms with Crippen molar-refractivity contribution >= 4 is 16.9 Å². The highest BCUT2D eigenvalue weighted by atomic mass is 16.5. The molecule has 0 aromatic carbocycles. The summed E-state index contributed by atoms with van der Waals surface area (Å²) in [6, 6.07) is 1.82. The number of hydrogen-bond donors (Lipinski definition) is 1. The molecule has 0 saturated carbocycles. The quantitative estimate of drug-likeness (QED) is 0.919. The molecule has 0 aliphatic rings. The van der Waals surface area contributed by atoms with Crippen LogP contribution in [0.3, 0.4) is 0 Å². The summed E-state index contributed by atoms with van der Waals surface area (Å²) >= 11 is 0. The molecule has 2 rings (SSSR count). The molecule has 0 bridgehead atoms. The molecule has 0 aliphatic carbocycles. The second kappa shape index (κ2) is 6.44. The summed E-state index contributed by atoms with van der Waals surface area (Å²) in [5.74, 6) is 0.123. The van der Waals surface area contributed by atoms with E-state index in [-0.39, 0.29) is 17.9 Å². The van der Waals surface area contributed by atoms with Gasteiger partial charge in [-0.25, -0.2) is 4.98 Å². The Morgan fingerprint density at radius 3 is 2.68 bits per heavy atom. The van der Waals surface area contributed by atoms with E-state index >= 15 is 0 Å². The smallest absolute Gasteiger partial charge is 0.252 e. The predicted octanol–water partition coefficient (Wildman–Crippen LogP) is 2.16. The van der Waals surface area contributed by atoms with E-state index in [1.807, 2.05) is 27.0 Å². The number of nitrogens with one attached hydrogen (secondary N) is 1. The summed E-state index contributed by atoms with van der Waals surface area (Å²) in [6.45, 7) is 8.41. The second-order valence-electron chi connectivity index (χ2n) is 5.99. The minimum atomic E-state index is -0.116. The molecule has 120 valence electrons. The van der Waals surface area contributed by atoms with Crippen molar-refractivity contribution < 1.29 is 9.53 Å². The normalized spacial score (nSPS) is 12.9. The van der Waals surface area contributed by atoms with E-state index in [1.165, 1.54) is 0 Å². The van der Waals surface area contributed by atoms with Crippen LogP contribution in [0.5, 0.6) is 0 Å². The molecule has 1 N–H and O–H groups in total. The van der Waals surface area contributed by atoms with Crippen LogP contribution >= 0.6 is 0 Å². The van der Waals surface area contributed by atoms with Crippen LogP contribution in [-0.2, 0) is 11.8 Å². The maximum absolute atomic E-state index is 12.6. The summed E-state index contributed by atoms with van der Waals surface area (Å²) in [6.07, 6.45) is 0. The molecule has 1 amide bonds. The van der Waals surface area contributed by atoms with E-state index in [9.17, 15) is 4.79 Å². The van der Waals surface area contributed by atoms with Gasteiger partial charge in [-0.2, -0.15) is 5.10 Å². The van der Waals surface area contributed by atoms with Gasteiger partial charge in [0, 0.05) is 25.9 Å². The Hall–Kier alpha value is -1.95. The average Bonchev–Trinajstić information content (AvgIpc) is 2.73. The van der Waals surface area contributed by atoms with Crippen LogP contribution in [0.4, 0.5) is 0 Å². The molecule has 2 aromatic rings. The number of rotatable bonds is 5. The molecule has 2 aromatic heterocycles. The highest BCUT2D eigenvalue weighted by Crippen LogP contribution is 2.24. The number of hydrogen-bond acceptors (Lipinski definition) is 4. The Kier molecular flexibility index (Phi) is 4.81. The van der Waals surface area contributed by atoms with Crippen LogP contribution in [0.15, 0.2) is 6.07 Å². The van der Waals surface area contributed by atoms with E-state index in [0.29, 0.717) is 12.2 Å². The molecule has 0 radical (unpaired) electrons. The van der Waals surface area contributed by atoms with Gasteiger partial charge < -0.3 is 10.1 Å². The molecule has 6 nitrogen and oxygen atoms in total. The first kappa shape index (κ1) is 16.4. The van der Waals surface area contributed by atoms with Gasteiger partial charge in [0.05, 0.1) is 23.3 Å². The third-order valence-corrected chi connectivity index (χ3v) is 3.62. The van der Waals surface area contributed by atoms with Crippen molar-refractivity contribution in [2.75, 3.05) is 13.7 Å². The molecule has 0 saturated heterocycles. The molecule has 6 heteroatoms. The van der Waals surface area contributed by atoms with Crippen LogP contribution in [-0.4, -0.2) is 40.4 Å². The van der Waals surface area contributed by atoms with E-state index in [0.717, 1.165) is 22.4 Å². The van der Waals surface area contributed by atoms with Crippen LogP contribution in [0.2, 0.25) is 0 Å². The van der Waals surface area contributed by atoms with Gasteiger partial charge in [0.25, 0.3) is 5.91 Å². The molecule has 0 aliphatic heterocycles. The molecular formula is C16H24N4O2. The maximum atomic E-state index is 12.6. The second-order valence-corrected chi connectivity index (χ2v) is 5.99. The number of fused-ring (bicyclic) bond motifs is 1. The first-order valence-electron chi connectivity index (χ1n) is 7.49. The van der Waals surface area contributed by atoms with Gasteiger partial charge in [0.2, 0.25) is 0 Å². The fourth-order valence-electron chi connectivity index (χ4n) is 2.53. The van der Waals surface area contributed by atoms with E-state index < -0.39 is 0 Å². The number of amides is 1. The van der Waals surface area contributed by atoms with Crippen molar-refractivity contribution in [3.8, 4) is 0 Å². The molecule has 1 atom stereocenters. The number of carbonyl (C=O) groups excluding carboxylic acids is 1. The van der Waals surface area contributed by atoms with Crippen LogP contribution in [0, 0.1) is 6.92 Å². The first-order chi connectivity index (χ1) is 10.3. The predicted molar refractivity (Wildman–Crippen MR) is 86.1 cm³/mol. The van der Waals surface area contributed by atoms with Crippen LogP contribution in [0.25, 0.3) is 11.0 Å². The zero-order valence-corrected chi connectivity index (χ0v) is 14.1. The van der Waals surface area contributed by atoms with Crippen molar-refractivity contribution in [3.05, 3.63) is 23.0 Å². The Bertz CT molecular complexity index is 691. The zero-order valence-electron chi connectivity index (χ0n) is 14.1. The number of pyridine rings is 1. The number of ether oxygens (including phenoxy) is 1. The van der Waals surface area contributed by atoms with Gasteiger partial charge in [-0.1, -0.05) is 13.8 Å². The van der Waals surface area contributed by atoms with Gasteiger partial charge in [-0.15, -0.1) is 0 Å². The monoisotopic (exact) mass is 304 g/mol. The lowest BCUT2D eigenvalue weighted by atomic mass is 10.0. The minimum Gasteiger partial charge on any atom is -0.383 e. The fourth-order valence-corrected chi connectivity index (χ4v) is 2.53. The Labute approximate surface area is 130 Å². The van der Waals surface area contributed by atoms with Gasteiger partial charge in [-0.05, 0) is 25.8 Å². The fraction of sp³-hybridized carbons (Fsp3) is 0.562. The van der Waals surface area contributed by atoms with Crippen molar-refractivity contribution in [3.63, 3.8) is 0 Å². The lowest BCUT2D eigenvalue weighted by Crippen LogP contribution is -2.35. The van der Waals surface area contributed by atoms with Gasteiger partial charge in [0.15, 0.2) is 5.65 Å². The summed E-state index contributed by atoms with van der Waals surface area (Å²) in [5, 5.41) is 8.18. The largest absolute Gasteiger partial charge is 0.383 e. The minimum absolute atomic E-state index is 0.0554. The average molecular weight is 304 g/mol. The molecule has 22 heavy (non-hydrogen) atoms. The van der Waals surface area contributed by atoms with Crippen molar-refractivity contribution in [2.24, 2.45) is 7.05 Å². The van der Waals surface area contributed by atoms with Crippen LogP contribution < -0.4 is 5.32 Å². The van der Waals surface area contributed by atoms with Gasteiger partial charge >= 0.3 is 0 Å². The number of aromatic nitrogens is 3. The lowest BCUT2D eigenvalue weighted by molar-refractivity contribution is 0.0907. The number of aryl methyl sites for hydroxylation is 2. The number of methoxy groups -OCH3 is 1. The van der Waals surface area contributed by atoms with E-state index in [4.69, 9.17) is 4.74 Å². The van der Waals surface area contributed by atoms with Crippen LogP contribution in [0.1, 0.15) is 48.4 Å². The molecule has 2 heterocycles. The Balaban J connectivity index is 2.53. The van der Waals surface area contributed by atoms with Crippen molar-refractivity contribution in [1.82, 2.24) is 20.1 Å². The standard InChI is InChI=1S/C16H24N4O2/c1-9(2)13-7-12(16(21)17-10(3)8-22-6)14-11(4)19-20(5)15(14)18-13/h7,9-10H,8H2,1-6H3,(H,17,21)/t10-/m0/s1. The Morgan fingerprint density at radius 2 is 2.09 bits per heavy atom. The number of carbonyl (C=O) groups is 1. The van der Waals surface area contributed by atoms with Crippen molar-refractivity contribution in [2.45, 2.75) is 39.7 Å². The molecule has 0 spiro atoms. The molecule has 0 fully saturated rings. The lowest BCUT2D eigenvalue weighted by Gasteiger charge is -2.14. The third-order valence-electron chi connectivity index (χ3n) is 3.62. The summed E-state index contributed by atoms with van der Waals surface area (Å²) in [5.41, 5.74) is 3.07. The van der Waals surface area contributed by atoms with Gasteiger partial charge in [-0.3, -0.25) is 9.48 Å². The number of nitrogens with zero attached hydrogens (tertiary/aromatic N) is 3. The third kappa shape index (κ3) is 3.11. The Morgan fingerprint density at radius 1 is 1.41 bits per heavy atom. The zero-order chi connectivity index (χ0) is 16.4. The first-order valence-corrected chi connectivity index (χ1v) is 7.49. The topological polar surface area (TPSA) is 69.0 Å². The molecular weight excluding hydrogens is 280 g/mol.